The quantitative estimate of drug-likeness (QED) is 0.531. The first kappa shape index (κ1) is 16.3. The Labute approximate surface area is 125 Å². The molecule has 1 aromatic carbocycles. The van der Waals surface area contributed by atoms with Crippen LogP contribution in [0.4, 0.5) is 0 Å². The lowest BCUT2D eigenvalue weighted by Crippen LogP contribution is -2.18. The van der Waals surface area contributed by atoms with Gasteiger partial charge in [0.1, 0.15) is 5.75 Å². The van der Waals surface area contributed by atoms with Crippen molar-refractivity contribution >= 4 is 15.9 Å². The maximum atomic E-state index is 5.72. The Balaban J connectivity index is 2.42. The summed E-state index contributed by atoms with van der Waals surface area (Å²) in [5, 5.41) is 3.43. The van der Waals surface area contributed by atoms with Crippen molar-refractivity contribution in [3.63, 3.8) is 0 Å². The minimum atomic E-state index is 0.677. The van der Waals surface area contributed by atoms with E-state index in [1.807, 2.05) is 12.1 Å². The standard InChI is InChI=1S/C16H24BrNO/c1-4-5-6-9-19-16-8-7-14(10-15(16)17)12-18-11-13(2)3/h4,7-8,10,13,18H,1,5-6,9,11-12H2,2-3H3. The van der Waals surface area contributed by atoms with Gasteiger partial charge >= 0.3 is 0 Å². The number of ether oxygens (including phenoxy) is 1. The van der Waals surface area contributed by atoms with Crippen LogP contribution in [0, 0.1) is 5.92 Å². The summed E-state index contributed by atoms with van der Waals surface area (Å²) >= 11 is 3.56. The SMILES string of the molecule is C=CCCCOc1ccc(CNCC(C)C)cc1Br. The van der Waals surface area contributed by atoms with Crippen molar-refractivity contribution in [1.82, 2.24) is 5.32 Å². The van der Waals surface area contributed by atoms with Crippen molar-refractivity contribution in [2.24, 2.45) is 5.92 Å². The molecule has 0 aromatic heterocycles. The van der Waals surface area contributed by atoms with Crippen molar-refractivity contribution in [2.45, 2.75) is 33.2 Å². The molecule has 0 fully saturated rings. The molecule has 1 N–H and O–H groups in total. The van der Waals surface area contributed by atoms with Crippen LogP contribution in [0.2, 0.25) is 0 Å². The van der Waals surface area contributed by atoms with Crippen LogP contribution in [0.3, 0.4) is 0 Å². The molecule has 0 amide bonds. The number of rotatable bonds is 9. The van der Waals surface area contributed by atoms with E-state index in [-0.39, 0.29) is 0 Å². The molecular formula is C16H24BrNO. The number of hydrogen-bond donors (Lipinski definition) is 1. The number of nitrogens with one attached hydrogen (secondary N) is 1. The van der Waals surface area contributed by atoms with Gasteiger partial charge in [-0.2, -0.15) is 0 Å². The molecule has 2 nitrogen and oxygen atoms in total. The molecule has 0 aliphatic heterocycles. The summed E-state index contributed by atoms with van der Waals surface area (Å²) in [5.41, 5.74) is 1.27. The van der Waals surface area contributed by atoms with Gasteiger partial charge in [0.15, 0.2) is 0 Å². The first-order valence-electron chi connectivity index (χ1n) is 6.86. The van der Waals surface area contributed by atoms with Gasteiger partial charge in [-0.1, -0.05) is 26.0 Å². The lowest BCUT2D eigenvalue weighted by molar-refractivity contribution is 0.310. The van der Waals surface area contributed by atoms with Crippen molar-refractivity contribution in [3.05, 3.63) is 40.9 Å². The van der Waals surface area contributed by atoms with E-state index >= 15 is 0 Å². The fourth-order valence-electron chi connectivity index (χ4n) is 1.69. The van der Waals surface area contributed by atoms with Crippen LogP contribution >= 0.6 is 15.9 Å². The fourth-order valence-corrected chi connectivity index (χ4v) is 2.23. The molecule has 0 heterocycles. The van der Waals surface area contributed by atoms with Crippen LogP contribution in [0.1, 0.15) is 32.3 Å². The highest BCUT2D eigenvalue weighted by Crippen LogP contribution is 2.26. The Morgan fingerprint density at radius 1 is 1.42 bits per heavy atom. The molecule has 1 rings (SSSR count). The molecule has 0 atom stereocenters. The number of halogens is 1. The third-order valence-electron chi connectivity index (χ3n) is 2.69. The molecule has 0 saturated carbocycles. The van der Waals surface area contributed by atoms with Gasteiger partial charge in [0.25, 0.3) is 0 Å². The molecule has 1 aromatic rings. The maximum Gasteiger partial charge on any atom is 0.133 e. The highest BCUT2D eigenvalue weighted by molar-refractivity contribution is 9.10. The average molecular weight is 326 g/mol. The van der Waals surface area contributed by atoms with Gasteiger partial charge < -0.3 is 10.1 Å². The molecule has 19 heavy (non-hydrogen) atoms. The molecule has 0 spiro atoms. The van der Waals surface area contributed by atoms with Crippen LogP contribution in [-0.4, -0.2) is 13.2 Å². The van der Waals surface area contributed by atoms with Crippen LogP contribution in [0.15, 0.2) is 35.3 Å². The van der Waals surface area contributed by atoms with E-state index in [4.69, 9.17) is 4.74 Å². The highest BCUT2D eigenvalue weighted by Gasteiger charge is 2.03. The number of unbranched alkanes of at least 4 members (excludes halogenated alkanes) is 1. The second kappa shape index (κ2) is 9.16. The molecule has 0 aliphatic rings. The first-order valence-corrected chi connectivity index (χ1v) is 7.65. The van der Waals surface area contributed by atoms with E-state index < -0.39 is 0 Å². The van der Waals surface area contributed by atoms with E-state index in [1.54, 1.807) is 0 Å². The Morgan fingerprint density at radius 3 is 2.84 bits per heavy atom. The van der Waals surface area contributed by atoms with Gasteiger partial charge in [0.2, 0.25) is 0 Å². The van der Waals surface area contributed by atoms with E-state index in [1.165, 1.54) is 5.56 Å². The summed E-state index contributed by atoms with van der Waals surface area (Å²) in [6.07, 6.45) is 3.92. The monoisotopic (exact) mass is 325 g/mol. The topological polar surface area (TPSA) is 21.3 Å². The van der Waals surface area contributed by atoms with Crippen LogP contribution in [0.25, 0.3) is 0 Å². The molecule has 0 bridgehead atoms. The number of allylic oxidation sites excluding steroid dienone is 1. The van der Waals surface area contributed by atoms with Crippen molar-refractivity contribution in [3.8, 4) is 5.75 Å². The normalized spacial score (nSPS) is 10.7. The van der Waals surface area contributed by atoms with Gasteiger partial charge in [-0.3, -0.25) is 0 Å². The maximum absolute atomic E-state index is 5.72. The molecule has 0 radical (unpaired) electrons. The Hall–Kier alpha value is -0.800. The summed E-state index contributed by atoms with van der Waals surface area (Å²) in [4.78, 5) is 0. The minimum Gasteiger partial charge on any atom is -0.492 e. The van der Waals surface area contributed by atoms with Gasteiger partial charge in [-0.05, 0) is 58.9 Å². The van der Waals surface area contributed by atoms with Gasteiger partial charge in [0, 0.05) is 6.54 Å². The zero-order chi connectivity index (χ0) is 14.1. The van der Waals surface area contributed by atoms with Crippen molar-refractivity contribution < 1.29 is 4.74 Å². The summed E-state index contributed by atoms with van der Waals surface area (Å²) in [6, 6.07) is 6.27. The molecular weight excluding hydrogens is 302 g/mol. The first-order chi connectivity index (χ1) is 9.13. The molecule has 0 unspecified atom stereocenters. The minimum absolute atomic E-state index is 0.677. The average Bonchev–Trinajstić information content (AvgIpc) is 2.36. The van der Waals surface area contributed by atoms with E-state index in [9.17, 15) is 0 Å². The number of hydrogen-bond acceptors (Lipinski definition) is 2. The molecule has 0 saturated heterocycles. The second-order valence-electron chi connectivity index (χ2n) is 5.07. The van der Waals surface area contributed by atoms with Gasteiger partial charge in [-0.15, -0.1) is 6.58 Å². The molecule has 3 heteroatoms. The smallest absolute Gasteiger partial charge is 0.133 e. The largest absolute Gasteiger partial charge is 0.492 e. The van der Waals surface area contributed by atoms with Crippen LogP contribution < -0.4 is 10.1 Å². The van der Waals surface area contributed by atoms with Crippen LogP contribution in [0.5, 0.6) is 5.75 Å². The van der Waals surface area contributed by atoms with E-state index in [0.717, 1.165) is 42.8 Å². The van der Waals surface area contributed by atoms with Crippen molar-refractivity contribution in [2.75, 3.05) is 13.2 Å². The Bertz CT molecular complexity index is 390. The third kappa shape index (κ3) is 6.79. The predicted octanol–water partition coefficient (Wildman–Crippen LogP) is 4.54. The summed E-state index contributed by atoms with van der Waals surface area (Å²) in [6.45, 7) is 10.8. The second-order valence-corrected chi connectivity index (χ2v) is 5.92. The van der Waals surface area contributed by atoms with Gasteiger partial charge in [-0.25, -0.2) is 0 Å². The fraction of sp³-hybridized carbons (Fsp3) is 0.500. The predicted molar refractivity (Wildman–Crippen MR) is 85.6 cm³/mol. The van der Waals surface area contributed by atoms with Gasteiger partial charge in [0.05, 0.1) is 11.1 Å². The Morgan fingerprint density at radius 2 is 2.21 bits per heavy atom. The Kier molecular flexibility index (Phi) is 7.84. The molecule has 0 aliphatic carbocycles. The van der Waals surface area contributed by atoms with Crippen LogP contribution in [-0.2, 0) is 6.54 Å². The summed E-state index contributed by atoms with van der Waals surface area (Å²) < 4.78 is 6.74. The summed E-state index contributed by atoms with van der Waals surface area (Å²) in [5.74, 6) is 1.59. The summed E-state index contributed by atoms with van der Waals surface area (Å²) in [7, 11) is 0. The number of benzene rings is 1. The molecule has 106 valence electrons. The third-order valence-corrected chi connectivity index (χ3v) is 3.31. The van der Waals surface area contributed by atoms with Crippen molar-refractivity contribution in [1.29, 1.82) is 0 Å². The zero-order valence-corrected chi connectivity index (χ0v) is 13.5. The zero-order valence-electron chi connectivity index (χ0n) is 11.9. The lowest BCUT2D eigenvalue weighted by Gasteiger charge is -2.11. The van der Waals surface area contributed by atoms with E-state index in [0.29, 0.717) is 5.92 Å². The highest BCUT2D eigenvalue weighted by atomic mass is 79.9. The van der Waals surface area contributed by atoms with E-state index in [2.05, 4.69) is 53.8 Å². The lowest BCUT2D eigenvalue weighted by atomic mass is 10.2.